The number of aliphatic carboxylic acids is 1. The molecular weight excluding hydrogens is 196 g/mol. The molecule has 2 N–H and O–H groups in total. The quantitative estimate of drug-likeness (QED) is 0.786. The van der Waals surface area contributed by atoms with Crippen LogP contribution in [0.5, 0.6) is 0 Å². The third kappa shape index (κ3) is 2.49. The maximum Gasteiger partial charge on any atom is 0.326 e. The Balaban J connectivity index is 3.10. The van der Waals surface area contributed by atoms with Crippen LogP contribution in [0.3, 0.4) is 0 Å². The molecule has 1 aromatic rings. The zero-order valence-corrected chi connectivity index (χ0v) is 9.15. The van der Waals surface area contributed by atoms with Crippen LogP contribution in [0.15, 0.2) is 11.0 Å². The second kappa shape index (κ2) is 4.33. The fourth-order valence-electron chi connectivity index (χ4n) is 1.62. The van der Waals surface area contributed by atoms with Gasteiger partial charge in [-0.25, -0.2) is 9.59 Å². The van der Waals surface area contributed by atoms with Gasteiger partial charge in [0, 0.05) is 11.9 Å². The van der Waals surface area contributed by atoms with Crippen molar-refractivity contribution in [2.24, 2.45) is 5.92 Å². The minimum absolute atomic E-state index is 0.229. The Bertz CT molecular complexity index is 403. The lowest BCUT2D eigenvalue weighted by Gasteiger charge is -2.16. The summed E-state index contributed by atoms with van der Waals surface area (Å²) in [5, 5.41) is 9.07. The van der Waals surface area contributed by atoms with Crippen LogP contribution in [0.2, 0.25) is 0 Å². The fourth-order valence-corrected chi connectivity index (χ4v) is 1.62. The van der Waals surface area contributed by atoms with Gasteiger partial charge in [0.15, 0.2) is 0 Å². The number of imidazole rings is 1. The Morgan fingerprint density at radius 1 is 1.60 bits per heavy atom. The third-order valence-electron chi connectivity index (χ3n) is 2.29. The summed E-state index contributed by atoms with van der Waals surface area (Å²) in [6, 6.07) is -0.774. The molecular formula is C10H16N2O3. The van der Waals surface area contributed by atoms with Crippen molar-refractivity contribution in [1.29, 1.82) is 0 Å². The first-order valence-corrected chi connectivity index (χ1v) is 4.92. The summed E-state index contributed by atoms with van der Waals surface area (Å²) in [7, 11) is 0. The highest BCUT2D eigenvalue weighted by atomic mass is 16.4. The highest BCUT2D eigenvalue weighted by Gasteiger charge is 2.23. The molecule has 0 aliphatic rings. The van der Waals surface area contributed by atoms with E-state index in [0.717, 1.165) is 0 Å². The third-order valence-corrected chi connectivity index (χ3v) is 2.29. The lowest BCUT2D eigenvalue weighted by Crippen LogP contribution is -2.30. The van der Waals surface area contributed by atoms with Gasteiger partial charge in [-0.05, 0) is 19.3 Å². The van der Waals surface area contributed by atoms with Crippen molar-refractivity contribution in [2.75, 3.05) is 0 Å². The molecule has 5 nitrogen and oxygen atoms in total. The molecule has 1 rings (SSSR count). The van der Waals surface area contributed by atoms with E-state index in [1.54, 1.807) is 6.92 Å². The minimum atomic E-state index is -0.964. The molecule has 0 aromatic carbocycles. The average Bonchev–Trinajstić information content (AvgIpc) is 2.42. The van der Waals surface area contributed by atoms with Gasteiger partial charge in [-0.2, -0.15) is 0 Å². The van der Waals surface area contributed by atoms with Gasteiger partial charge in [0.1, 0.15) is 6.04 Å². The zero-order chi connectivity index (χ0) is 11.6. The number of aromatic nitrogens is 2. The predicted octanol–water partition coefficient (Wildman–Crippen LogP) is 1.16. The Hall–Kier alpha value is -1.52. The van der Waals surface area contributed by atoms with Gasteiger partial charge in [-0.3, -0.25) is 4.57 Å². The lowest BCUT2D eigenvalue weighted by atomic mass is 10.0. The van der Waals surface area contributed by atoms with Crippen LogP contribution in [0.4, 0.5) is 0 Å². The molecule has 0 bridgehead atoms. The van der Waals surface area contributed by atoms with Crippen molar-refractivity contribution in [3.8, 4) is 0 Å². The first-order chi connectivity index (χ1) is 6.93. The monoisotopic (exact) mass is 212 g/mol. The van der Waals surface area contributed by atoms with Crippen molar-refractivity contribution in [1.82, 2.24) is 9.55 Å². The number of hydrogen-bond donors (Lipinski definition) is 2. The van der Waals surface area contributed by atoms with Crippen LogP contribution in [0.1, 0.15) is 32.0 Å². The van der Waals surface area contributed by atoms with E-state index in [1.165, 1.54) is 10.8 Å². The van der Waals surface area contributed by atoms with E-state index in [-0.39, 0.29) is 11.6 Å². The number of hydrogen-bond acceptors (Lipinski definition) is 2. The fraction of sp³-hybridized carbons (Fsp3) is 0.600. The molecule has 0 saturated heterocycles. The maximum absolute atomic E-state index is 11.4. The largest absolute Gasteiger partial charge is 0.480 e. The van der Waals surface area contributed by atoms with Gasteiger partial charge in [0.2, 0.25) is 0 Å². The van der Waals surface area contributed by atoms with Crippen LogP contribution in [0.25, 0.3) is 0 Å². The van der Waals surface area contributed by atoms with Crippen molar-refractivity contribution < 1.29 is 9.90 Å². The number of nitrogens with one attached hydrogen (secondary N) is 1. The number of nitrogens with zero attached hydrogens (tertiary/aromatic N) is 1. The number of carboxylic acid groups (broad SMARTS) is 1. The SMILES string of the molecule is Cc1c[nH]c(=O)n1C(CC(C)C)C(=O)O. The van der Waals surface area contributed by atoms with Gasteiger partial charge < -0.3 is 10.1 Å². The molecule has 0 radical (unpaired) electrons. The summed E-state index contributed by atoms with van der Waals surface area (Å²) in [6.45, 7) is 5.58. The topological polar surface area (TPSA) is 75.1 Å². The number of carbonyl (C=O) groups is 1. The number of aromatic amines is 1. The number of rotatable bonds is 4. The number of carboxylic acids is 1. The van der Waals surface area contributed by atoms with Crippen LogP contribution in [-0.2, 0) is 4.79 Å². The van der Waals surface area contributed by atoms with E-state index in [1.807, 2.05) is 13.8 Å². The standard InChI is InChI=1S/C10H16N2O3/c1-6(2)4-8(9(13)14)12-7(3)5-11-10(12)15/h5-6,8H,4H2,1-3H3,(H,11,15)(H,13,14). The summed E-state index contributed by atoms with van der Waals surface area (Å²) < 4.78 is 1.29. The van der Waals surface area contributed by atoms with E-state index in [2.05, 4.69) is 4.98 Å². The summed E-state index contributed by atoms with van der Waals surface area (Å²) in [4.78, 5) is 25.0. The molecule has 1 unspecified atom stereocenters. The molecule has 84 valence electrons. The molecule has 0 spiro atoms. The van der Waals surface area contributed by atoms with E-state index >= 15 is 0 Å². The highest BCUT2D eigenvalue weighted by molar-refractivity contribution is 5.72. The summed E-state index contributed by atoms with van der Waals surface area (Å²) in [6.07, 6.45) is 1.98. The number of aryl methyl sites for hydroxylation is 1. The second-order valence-corrected chi connectivity index (χ2v) is 4.09. The van der Waals surface area contributed by atoms with Gasteiger partial charge >= 0.3 is 11.7 Å². The van der Waals surface area contributed by atoms with Gasteiger partial charge in [0.05, 0.1) is 0 Å². The van der Waals surface area contributed by atoms with Gasteiger partial charge in [0.25, 0.3) is 0 Å². The van der Waals surface area contributed by atoms with Crippen molar-refractivity contribution >= 4 is 5.97 Å². The first-order valence-electron chi connectivity index (χ1n) is 4.92. The molecule has 0 aliphatic carbocycles. The normalized spacial score (nSPS) is 13.1. The van der Waals surface area contributed by atoms with E-state index < -0.39 is 12.0 Å². The summed E-state index contributed by atoms with van der Waals surface area (Å²) in [5.41, 5.74) is 0.286. The molecule has 0 saturated carbocycles. The zero-order valence-electron chi connectivity index (χ0n) is 9.15. The van der Waals surface area contributed by atoms with Crippen molar-refractivity contribution in [3.63, 3.8) is 0 Å². The smallest absolute Gasteiger partial charge is 0.326 e. The molecule has 15 heavy (non-hydrogen) atoms. The van der Waals surface area contributed by atoms with Crippen LogP contribution < -0.4 is 5.69 Å². The van der Waals surface area contributed by atoms with Crippen LogP contribution >= 0.6 is 0 Å². The molecule has 0 fully saturated rings. The number of H-pyrrole nitrogens is 1. The lowest BCUT2D eigenvalue weighted by molar-refractivity contribution is -0.141. The van der Waals surface area contributed by atoms with Crippen molar-refractivity contribution in [2.45, 2.75) is 33.2 Å². The molecule has 1 aromatic heterocycles. The molecule has 1 heterocycles. The molecule has 0 aliphatic heterocycles. The van der Waals surface area contributed by atoms with Crippen LogP contribution in [-0.4, -0.2) is 20.6 Å². The van der Waals surface area contributed by atoms with Crippen molar-refractivity contribution in [3.05, 3.63) is 22.4 Å². The van der Waals surface area contributed by atoms with Gasteiger partial charge in [-0.1, -0.05) is 13.8 Å². The molecule has 0 amide bonds. The van der Waals surface area contributed by atoms with E-state index in [9.17, 15) is 9.59 Å². The maximum atomic E-state index is 11.4. The Labute approximate surface area is 87.7 Å². The van der Waals surface area contributed by atoms with Crippen LogP contribution in [0, 0.1) is 12.8 Å². The van der Waals surface area contributed by atoms with Gasteiger partial charge in [-0.15, -0.1) is 0 Å². The molecule has 5 heteroatoms. The second-order valence-electron chi connectivity index (χ2n) is 4.09. The summed E-state index contributed by atoms with van der Waals surface area (Å²) >= 11 is 0. The predicted molar refractivity (Wildman–Crippen MR) is 55.9 cm³/mol. The van der Waals surface area contributed by atoms with E-state index in [0.29, 0.717) is 12.1 Å². The first kappa shape index (κ1) is 11.6. The minimum Gasteiger partial charge on any atom is -0.480 e. The Morgan fingerprint density at radius 2 is 2.20 bits per heavy atom. The molecule has 1 atom stereocenters. The Morgan fingerprint density at radius 3 is 2.53 bits per heavy atom. The summed E-state index contributed by atoms with van der Waals surface area (Å²) in [5.74, 6) is -0.735. The Kier molecular flexibility index (Phi) is 3.34. The highest BCUT2D eigenvalue weighted by Crippen LogP contribution is 2.17. The average molecular weight is 212 g/mol. The van der Waals surface area contributed by atoms with E-state index in [4.69, 9.17) is 5.11 Å².